The largest absolute Gasteiger partial charge is 0.468 e. The van der Waals surface area contributed by atoms with Crippen molar-refractivity contribution < 1.29 is 4.42 Å². The van der Waals surface area contributed by atoms with Crippen molar-refractivity contribution in [3.8, 4) is 0 Å². The van der Waals surface area contributed by atoms with Crippen molar-refractivity contribution in [2.45, 2.75) is 65.7 Å². The number of tetrazole rings is 1. The number of aromatic nitrogens is 6. The Labute approximate surface area is 221 Å². The molecule has 4 heterocycles. The first kappa shape index (κ1) is 25.5. The van der Waals surface area contributed by atoms with Gasteiger partial charge in [0.05, 0.1) is 23.9 Å². The minimum atomic E-state index is -0.560. The van der Waals surface area contributed by atoms with Crippen molar-refractivity contribution >= 4 is 10.9 Å². The van der Waals surface area contributed by atoms with Crippen LogP contribution < -0.4 is 5.56 Å². The molecule has 38 heavy (non-hydrogen) atoms. The maximum absolute atomic E-state index is 13.8. The van der Waals surface area contributed by atoms with Gasteiger partial charge in [-0.05, 0) is 91.4 Å². The Bertz CT molecular complexity index is 1590. The fourth-order valence-electron chi connectivity index (χ4n) is 4.92. The summed E-state index contributed by atoms with van der Waals surface area (Å²) in [5.74, 6) is 1.37. The Morgan fingerprint density at radius 3 is 2.68 bits per heavy atom. The number of fused-ring (bicyclic) bond motifs is 1. The molecule has 0 aliphatic carbocycles. The molecule has 0 amide bonds. The van der Waals surface area contributed by atoms with E-state index in [1.165, 1.54) is 0 Å². The molecule has 9 heteroatoms. The quantitative estimate of drug-likeness (QED) is 0.295. The molecule has 1 atom stereocenters. The Kier molecular flexibility index (Phi) is 6.94. The van der Waals surface area contributed by atoms with Gasteiger partial charge in [-0.1, -0.05) is 24.6 Å². The van der Waals surface area contributed by atoms with E-state index in [-0.39, 0.29) is 11.1 Å². The van der Waals surface area contributed by atoms with E-state index < -0.39 is 6.04 Å². The average Bonchev–Trinajstić information content (AvgIpc) is 3.59. The number of nitrogens with one attached hydrogen (secondary N) is 1. The van der Waals surface area contributed by atoms with E-state index in [4.69, 9.17) is 4.42 Å². The zero-order valence-electron chi connectivity index (χ0n) is 22.5. The van der Waals surface area contributed by atoms with Crippen LogP contribution in [0.5, 0.6) is 0 Å². The molecular weight excluding hydrogens is 478 g/mol. The normalized spacial score (nSPS) is 12.9. The molecule has 0 aliphatic heterocycles. The number of benzene rings is 1. The highest BCUT2D eigenvalue weighted by molar-refractivity contribution is 5.83. The van der Waals surface area contributed by atoms with Gasteiger partial charge >= 0.3 is 0 Å². The molecule has 0 saturated heterocycles. The van der Waals surface area contributed by atoms with Gasteiger partial charge in [0.1, 0.15) is 11.8 Å². The summed E-state index contributed by atoms with van der Waals surface area (Å²) in [5.41, 5.74) is 4.03. The van der Waals surface area contributed by atoms with Gasteiger partial charge in [0.15, 0.2) is 5.82 Å². The summed E-state index contributed by atoms with van der Waals surface area (Å²) in [6.45, 7) is 11.3. The SMILES string of the molecule is CCC(C)(C)n1nnnc1C(c1cc2cc(C)cc(C)c2[nH]c1=O)N(Cc1cccnc1)Cc1ccco1. The number of hydrogen-bond acceptors (Lipinski definition) is 7. The minimum absolute atomic E-state index is 0.172. The summed E-state index contributed by atoms with van der Waals surface area (Å²) in [7, 11) is 0. The molecule has 0 bridgehead atoms. The summed E-state index contributed by atoms with van der Waals surface area (Å²) < 4.78 is 7.60. The zero-order valence-corrected chi connectivity index (χ0v) is 22.5. The first-order valence-corrected chi connectivity index (χ1v) is 12.8. The number of H-pyrrole nitrogens is 1. The molecule has 0 spiro atoms. The van der Waals surface area contributed by atoms with Crippen molar-refractivity contribution in [3.05, 3.63) is 105 Å². The van der Waals surface area contributed by atoms with Crippen molar-refractivity contribution in [3.63, 3.8) is 0 Å². The van der Waals surface area contributed by atoms with E-state index in [9.17, 15) is 4.79 Å². The topological polar surface area (TPSA) is 106 Å². The molecule has 4 aromatic heterocycles. The molecule has 0 aliphatic rings. The first-order valence-electron chi connectivity index (χ1n) is 12.8. The number of furan rings is 1. The number of pyridine rings is 2. The van der Waals surface area contributed by atoms with E-state index in [1.807, 2.05) is 48.1 Å². The predicted octanol–water partition coefficient (Wildman–Crippen LogP) is 5.06. The first-order chi connectivity index (χ1) is 18.3. The van der Waals surface area contributed by atoms with Gasteiger partial charge in [0, 0.05) is 24.5 Å². The predicted molar refractivity (Wildman–Crippen MR) is 146 cm³/mol. The van der Waals surface area contributed by atoms with Gasteiger partial charge in [-0.25, -0.2) is 4.68 Å². The lowest BCUT2D eigenvalue weighted by Gasteiger charge is -2.33. The van der Waals surface area contributed by atoms with Gasteiger partial charge in [0.25, 0.3) is 5.56 Å². The molecule has 5 rings (SSSR count). The monoisotopic (exact) mass is 511 g/mol. The van der Waals surface area contributed by atoms with Crippen LogP contribution in [0.3, 0.4) is 0 Å². The lowest BCUT2D eigenvalue weighted by atomic mass is 9.98. The number of nitrogens with zero attached hydrogens (tertiary/aromatic N) is 6. The van der Waals surface area contributed by atoms with Crippen LogP contribution in [0.1, 0.15) is 67.1 Å². The number of rotatable bonds is 9. The van der Waals surface area contributed by atoms with E-state index in [0.717, 1.165) is 39.8 Å². The Hall–Kier alpha value is -4.11. The molecule has 0 saturated carbocycles. The molecule has 196 valence electrons. The van der Waals surface area contributed by atoms with Gasteiger partial charge in [-0.3, -0.25) is 14.7 Å². The van der Waals surface area contributed by atoms with Crippen molar-refractivity contribution in [1.29, 1.82) is 0 Å². The Balaban J connectivity index is 1.75. The van der Waals surface area contributed by atoms with Gasteiger partial charge in [0.2, 0.25) is 0 Å². The third-order valence-electron chi connectivity index (χ3n) is 7.21. The van der Waals surface area contributed by atoms with E-state index in [0.29, 0.717) is 24.5 Å². The lowest BCUT2D eigenvalue weighted by molar-refractivity contribution is 0.168. The fraction of sp³-hybridized carbons (Fsp3) is 0.345. The average molecular weight is 512 g/mol. The van der Waals surface area contributed by atoms with Crippen LogP contribution in [-0.2, 0) is 18.6 Å². The van der Waals surface area contributed by atoms with Crippen molar-refractivity contribution in [2.75, 3.05) is 0 Å². The van der Waals surface area contributed by atoms with Gasteiger partial charge < -0.3 is 9.40 Å². The maximum atomic E-state index is 13.8. The number of hydrogen-bond donors (Lipinski definition) is 1. The molecular formula is C29H33N7O2. The third-order valence-corrected chi connectivity index (χ3v) is 7.21. The number of aryl methyl sites for hydroxylation is 2. The zero-order chi connectivity index (χ0) is 26.9. The highest BCUT2D eigenvalue weighted by Crippen LogP contribution is 2.33. The van der Waals surface area contributed by atoms with Crippen LogP contribution in [0.25, 0.3) is 10.9 Å². The highest BCUT2D eigenvalue weighted by Gasteiger charge is 2.35. The van der Waals surface area contributed by atoms with E-state index in [1.54, 1.807) is 12.5 Å². The van der Waals surface area contributed by atoms with E-state index in [2.05, 4.69) is 70.2 Å². The molecule has 0 radical (unpaired) electrons. The summed E-state index contributed by atoms with van der Waals surface area (Å²) in [6, 6.07) is 13.3. The third kappa shape index (κ3) is 5.02. The fourth-order valence-corrected chi connectivity index (χ4v) is 4.92. The van der Waals surface area contributed by atoms with Crippen LogP contribution in [0.2, 0.25) is 0 Å². The van der Waals surface area contributed by atoms with Crippen LogP contribution in [-0.4, -0.2) is 35.1 Å². The van der Waals surface area contributed by atoms with Crippen molar-refractivity contribution in [1.82, 2.24) is 35.1 Å². The second-order valence-electron chi connectivity index (χ2n) is 10.5. The molecule has 1 unspecified atom stereocenters. The highest BCUT2D eigenvalue weighted by atomic mass is 16.3. The Morgan fingerprint density at radius 1 is 1.13 bits per heavy atom. The van der Waals surface area contributed by atoms with Crippen molar-refractivity contribution in [2.24, 2.45) is 0 Å². The van der Waals surface area contributed by atoms with Crippen LogP contribution in [0, 0.1) is 13.8 Å². The summed E-state index contributed by atoms with van der Waals surface area (Å²) in [5, 5.41) is 14.0. The standard InChI is InChI=1S/C29H33N7O2/c1-6-29(4,5)36-27(32-33-34-36)26(24-15-22-14-19(2)13-20(3)25(22)31-28(24)37)35(18-23-10-8-12-38-23)17-21-9-7-11-30-16-21/h7-16,26H,6,17-18H2,1-5H3,(H,31,37). The van der Waals surface area contributed by atoms with Crippen LogP contribution >= 0.6 is 0 Å². The minimum Gasteiger partial charge on any atom is -0.468 e. The van der Waals surface area contributed by atoms with Crippen LogP contribution in [0.4, 0.5) is 0 Å². The molecule has 1 aromatic carbocycles. The van der Waals surface area contributed by atoms with Gasteiger partial charge in [-0.15, -0.1) is 5.10 Å². The van der Waals surface area contributed by atoms with E-state index >= 15 is 0 Å². The number of aromatic amines is 1. The summed E-state index contributed by atoms with van der Waals surface area (Å²) >= 11 is 0. The molecule has 9 nitrogen and oxygen atoms in total. The summed E-state index contributed by atoms with van der Waals surface area (Å²) in [6.07, 6.45) is 6.06. The second-order valence-corrected chi connectivity index (χ2v) is 10.5. The maximum Gasteiger partial charge on any atom is 0.253 e. The smallest absolute Gasteiger partial charge is 0.253 e. The molecule has 0 fully saturated rings. The lowest BCUT2D eigenvalue weighted by Crippen LogP contribution is -2.38. The molecule has 5 aromatic rings. The van der Waals surface area contributed by atoms with Gasteiger partial charge in [-0.2, -0.15) is 0 Å². The van der Waals surface area contributed by atoms with Crippen LogP contribution in [0.15, 0.2) is 70.3 Å². The molecule has 1 N–H and O–H groups in total. The summed E-state index contributed by atoms with van der Waals surface area (Å²) in [4.78, 5) is 23.4. The Morgan fingerprint density at radius 2 is 1.97 bits per heavy atom. The second kappa shape index (κ2) is 10.3.